The second-order valence-corrected chi connectivity index (χ2v) is 4.19. The maximum absolute atomic E-state index is 11.5. The third-order valence-electron chi connectivity index (χ3n) is 2.56. The van der Waals surface area contributed by atoms with E-state index in [4.69, 9.17) is 4.74 Å². The van der Waals surface area contributed by atoms with Gasteiger partial charge in [-0.2, -0.15) is 0 Å². The van der Waals surface area contributed by atoms with E-state index in [0.717, 1.165) is 32.2 Å². The molecule has 0 aromatic rings. The summed E-state index contributed by atoms with van der Waals surface area (Å²) in [5.74, 6) is 0.0729. The van der Waals surface area contributed by atoms with Crippen molar-refractivity contribution >= 4 is 5.97 Å². The van der Waals surface area contributed by atoms with Crippen LogP contribution in [0.25, 0.3) is 0 Å². The van der Waals surface area contributed by atoms with Crippen molar-refractivity contribution in [1.29, 1.82) is 0 Å². The first-order chi connectivity index (χ1) is 7.11. The van der Waals surface area contributed by atoms with Crippen LogP contribution in [0.15, 0.2) is 0 Å². The molecule has 0 atom stereocenters. The zero-order chi connectivity index (χ0) is 11.7. The molecule has 0 radical (unpaired) electrons. The van der Waals surface area contributed by atoms with Crippen molar-refractivity contribution < 1.29 is 9.53 Å². The lowest BCUT2D eigenvalue weighted by Gasteiger charge is -2.12. The first-order valence-electron chi connectivity index (χ1n) is 5.93. The summed E-state index contributed by atoms with van der Waals surface area (Å²) in [6, 6.07) is 0. The number of esters is 1. The van der Waals surface area contributed by atoms with Gasteiger partial charge in [0.2, 0.25) is 0 Å². The van der Waals surface area contributed by atoms with Crippen LogP contribution in [0.5, 0.6) is 0 Å². The number of carbonyl (C=O) groups excluding carboxylic acids is 1. The number of hydrogen-bond donors (Lipinski definition) is 0. The summed E-state index contributed by atoms with van der Waals surface area (Å²) in [6.07, 6.45) is 3.81. The number of carbonyl (C=O) groups is 1. The predicted molar refractivity (Wildman–Crippen MR) is 62.8 cm³/mol. The molecule has 0 bridgehead atoms. The summed E-state index contributed by atoms with van der Waals surface area (Å²) in [5.41, 5.74) is 0. The Balaban J connectivity index is 3.46. The van der Waals surface area contributed by atoms with Crippen LogP contribution in [0.1, 0.15) is 39.5 Å². The van der Waals surface area contributed by atoms with Gasteiger partial charge in [0.15, 0.2) is 0 Å². The predicted octanol–water partition coefficient (Wildman–Crippen LogP) is 2.31. The molecule has 0 aliphatic carbocycles. The van der Waals surface area contributed by atoms with Crippen molar-refractivity contribution in [3.63, 3.8) is 0 Å². The van der Waals surface area contributed by atoms with Gasteiger partial charge in [0.1, 0.15) is 0 Å². The molecule has 0 N–H and O–H groups in total. The van der Waals surface area contributed by atoms with E-state index in [1.54, 1.807) is 0 Å². The second-order valence-electron chi connectivity index (χ2n) is 4.19. The molecule has 0 aromatic heterocycles. The van der Waals surface area contributed by atoms with Gasteiger partial charge in [-0.1, -0.05) is 13.8 Å². The number of rotatable bonds is 8. The minimum absolute atomic E-state index is 0.0233. The Bertz CT molecular complexity index is 165. The molecule has 90 valence electrons. The molecule has 0 unspecified atom stereocenters. The summed E-state index contributed by atoms with van der Waals surface area (Å²) < 4.78 is 5.21. The number of unbranched alkanes of at least 4 members (excludes halogenated alkanes) is 1. The van der Waals surface area contributed by atoms with Crippen molar-refractivity contribution in [3.05, 3.63) is 0 Å². The molecule has 0 saturated heterocycles. The van der Waals surface area contributed by atoms with Crippen molar-refractivity contribution in [2.24, 2.45) is 5.92 Å². The van der Waals surface area contributed by atoms with Crippen LogP contribution >= 0.6 is 0 Å². The molecule has 15 heavy (non-hydrogen) atoms. The molecule has 0 saturated carbocycles. The molecular formula is C12H25NO2. The minimum atomic E-state index is -0.0233. The van der Waals surface area contributed by atoms with Crippen LogP contribution in [0.3, 0.4) is 0 Å². The van der Waals surface area contributed by atoms with E-state index in [2.05, 4.69) is 19.0 Å². The van der Waals surface area contributed by atoms with Crippen LogP contribution in [0, 0.1) is 5.92 Å². The van der Waals surface area contributed by atoms with E-state index < -0.39 is 0 Å². The summed E-state index contributed by atoms with van der Waals surface area (Å²) in [7, 11) is 4.10. The van der Waals surface area contributed by atoms with E-state index in [1.165, 1.54) is 0 Å². The van der Waals surface area contributed by atoms with E-state index in [0.29, 0.717) is 6.61 Å². The highest BCUT2D eigenvalue weighted by molar-refractivity contribution is 5.72. The average molecular weight is 215 g/mol. The molecule has 0 spiro atoms. The van der Waals surface area contributed by atoms with Gasteiger partial charge in [0.25, 0.3) is 0 Å². The molecule has 3 nitrogen and oxygen atoms in total. The second kappa shape index (κ2) is 8.72. The smallest absolute Gasteiger partial charge is 0.308 e. The lowest BCUT2D eigenvalue weighted by Crippen LogP contribution is -2.18. The van der Waals surface area contributed by atoms with Crippen LogP contribution in [-0.2, 0) is 9.53 Å². The third-order valence-corrected chi connectivity index (χ3v) is 2.56. The standard InChI is InChI=1S/C12H25NO2/c1-5-11(6-2)12(14)15-10-8-7-9-13(3)4/h11H,5-10H2,1-4H3. The fraction of sp³-hybridized carbons (Fsp3) is 0.917. The topological polar surface area (TPSA) is 29.5 Å². The van der Waals surface area contributed by atoms with Gasteiger partial charge in [-0.3, -0.25) is 4.79 Å². The van der Waals surface area contributed by atoms with Crippen molar-refractivity contribution in [2.45, 2.75) is 39.5 Å². The molecule has 0 aliphatic rings. The first kappa shape index (κ1) is 14.4. The van der Waals surface area contributed by atoms with Crippen LogP contribution in [0.4, 0.5) is 0 Å². The molecule has 0 aliphatic heterocycles. The maximum atomic E-state index is 11.5. The molecule has 3 heteroatoms. The first-order valence-corrected chi connectivity index (χ1v) is 5.93. The normalized spacial score (nSPS) is 11.1. The van der Waals surface area contributed by atoms with E-state index >= 15 is 0 Å². The zero-order valence-corrected chi connectivity index (χ0v) is 10.6. The zero-order valence-electron chi connectivity index (χ0n) is 10.6. The van der Waals surface area contributed by atoms with Gasteiger partial charge in [-0.05, 0) is 46.3 Å². The summed E-state index contributed by atoms with van der Waals surface area (Å²) >= 11 is 0. The SMILES string of the molecule is CCC(CC)C(=O)OCCCCN(C)C. The average Bonchev–Trinajstić information content (AvgIpc) is 2.18. The molecule has 0 fully saturated rings. The number of nitrogens with zero attached hydrogens (tertiary/aromatic N) is 1. The van der Waals surface area contributed by atoms with Gasteiger partial charge in [0, 0.05) is 0 Å². The Morgan fingerprint density at radius 3 is 2.27 bits per heavy atom. The van der Waals surface area contributed by atoms with Crippen LogP contribution < -0.4 is 0 Å². The lowest BCUT2D eigenvalue weighted by molar-refractivity contribution is -0.148. The van der Waals surface area contributed by atoms with E-state index in [-0.39, 0.29) is 11.9 Å². The monoisotopic (exact) mass is 215 g/mol. The Morgan fingerprint density at radius 2 is 1.80 bits per heavy atom. The Labute approximate surface area is 93.8 Å². The molecule has 0 heterocycles. The Morgan fingerprint density at radius 1 is 1.20 bits per heavy atom. The Hall–Kier alpha value is -0.570. The fourth-order valence-corrected chi connectivity index (χ4v) is 1.44. The van der Waals surface area contributed by atoms with Crippen molar-refractivity contribution in [1.82, 2.24) is 4.90 Å². The maximum Gasteiger partial charge on any atom is 0.308 e. The highest BCUT2D eigenvalue weighted by Crippen LogP contribution is 2.09. The number of ether oxygens (including phenoxy) is 1. The van der Waals surface area contributed by atoms with E-state index in [9.17, 15) is 4.79 Å². The largest absolute Gasteiger partial charge is 0.465 e. The molecule has 0 aromatic carbocycles. The Kier molecular flexibility index (Phi) is 8.38. The molecule has 0 amide bonds. The third kappa shape index (κ3) is 7.37. The summed E-state index contributed by atoms with van der Waals surface area (Å²) in [5, 5.41) is 0. The van der Waals surface area contributed by atoms with Gasteiger partial charge in [-0.15, -0.1) is 0 Å². The van der Waals surface area contributed by atoms with Gasteiger partial charge >= 0.3 is 5.97 Å². The highest BCUT2D eigenvalue weighted by atomic mass is 16.5. The van der Waals surface area contributed by atoms with Gasteiger partial charge in [-0.25, -0.2) is 0 Å². The van der Waals surface area contributed by atoms with Crippen LogP contribution in [-0.4, -0.2) is 38.1 Å². The van der Waals surface area contributed by atoms with Gasteiger partial charge < -0.3 is 9.64 Å². The van der Waals surface area contributed by atoms with Gasteiger partial charge in [0.05, 0.1) is 12.5 Å². The van der Waals surface area contributed by atoms with Crippen molar-refractivity contribution in [3.8, 4) is 0 Å². The highest BCUT2D eigenvalue weighted by Gasteiger charge is 2.14. The molecule has 0 rings (SSSR count). The quantitative estimate of drug-likeness (QED) is 0.459. The summed E-state index contributed by atoms with van der Waals surface area (Å²) in [4.78, 5) is 13.6. The minimum Gasteiger partial charge on any atom is -0.465 e. The van der Waals surface area contributed by atoms with Crippen molar-refractivity contribution in [2.75, 3.05) is 27.2 Å². The number of hydrogen-bond acceptors (Lipinski definition) is 3. The fourth-order valence-electron chi connectivity index (χ4n) is 1.44. The lowest BCUT2D eigenvalue weighted by atomic mass is 10.0. The molecular weight excluding hydrogens is 190 g/mol. The summed E-state index contributed by atoms with van der Waals surface area (Å²) in [6.45, 7) is 5.69. The van der Waals surface area contributed by atoms with Crippen LogP contribution in [0.2, 0.25) is 0 Å². The van der Waals surface area contributed by atoms with E-state index in [1.807, 2.05) is 13.8 Å².